The highest BCUT2D eigenvalue weighted by atomic mass is 32.2. The summed E-state index contributed by atoms with van der Waals surface area (Å²) in [6, 6.07) is 11.9. The number of fused-ring (bicyclic) bond motifs is 1. The molecule has 3 N–H and O–H groups in total. The number of morpholine rings is 1. The first-order valence-corrected chi connectivity index (χ1v) is 15.9. The van der Waals surface area contributed by atoms with Gasteiger partial charge in [-0.1, -0.05) is 12.0 Å². The standard InChI is InChI=1S/C30H35F3N4O4S/c1-42(38,39)24-11-12-29(26(34)19-24)41-15-3-4-23-18-25-27(5-2-6-28(25)37(23)20-30(31,32)33)35-21-7-9-22(10-8-21)36-13-16-40-17-14-36/h2,5-6,11-12,18-19,21-22,35H,7-10,13-17,20,34H2,1H3/t21-,22+. The lowest BCUT2D eigenvalue weighted by Gasteiger charge is -2.39. The molecule has 226 valence electrons. The van der Waals surface area contributed by atoms with Crippen LogP contribution in [-0.2, 0) is 21.1 Å². The molecule has 12 heteroatoms. The van der Waals surface area contributed by atoms with Gasteiger partial charge in [0, 0.05) is 42.5 Å². The van der Waals surface area contributed by atoms with Crippen LogP contribution in [0.3, 0.4) is 0 Å². The number of hydrogen-bond donors (Lipinski definition) is 2. The highest BCUT2D eigenvalue weighted by molar-refractivity contribution is 7.90. The molecule has 1 saturated heterocycles. The second-order valence-electron chi connectivity index (χ2n) is 10.8. The molecule has 5 rings (SSSR count). The number of aromatic nitrogens is 1. The lowest BCUT2D eigenvalue weighted by Crippen LogP contribution is -2.46. The minimum atomic E-state index is -4.43. The zero-order chi connectivity index (χ0) is 29.9. The van der Waals surface area contributed by atoms with Gasteiger partial charge >= 0.3 is 6.18 Å². The number of ether oxygens (including phenoxy) is 2. The first-order valence-electron chi connectivity index (χ1n) is 14.0. The van der Waals surface area contributed by atoms with E-state index in [4.69, 9.17) is 15.2 Å². The zero-order valence-electron chi connectivity index (χ0n) is 23.4. The van der Waals surface area contributed by atoms with Gasteiger partial charge in [0.1, 0.15) is 18.9 Å². The number of anilines is 2. The van der Waals surface area contributed by atoms with E-state index in [9.17, 15) is 21.6 Å². The molecule has 0 spiro atoms. The molecule has 0 radical (unpaired) electrons. The van der Waals surface area contributed by atoms with E-state index < -0.39 is 22.6 Å². The number of nitrogens with two attached hydrogens (primary N) is 1. The van der Waals surface area contributed by atoms with Crippen molar-refractivity contribution < 1.29 is 31.1 Å². The number of alkyl halides is 3. The van der Waals surface area contributed by atoms with E-state index in [0.717, 1.165) is 63.9 Å². The minimum absolute atomic E-state index is 0.0599. The van der Waals surface area contributed by atoms with Crippen molar-refractivity contribution in [2.45, 2.75) is 55.4 Å². The fraction of sp³-hybridized carbons (Fsp3) is 0.467. The quantitative estimate of drug-likeness (QED) is 0.299. The van der Waals surface area contributed by atoms with Gasteiger partial charge in [-0.25, -0.2) is 8.42 Å². The molecule has 1 aliphatic carbocycles. The molecule has 2 aromatic carbocycles. The fourth-order valence-corrected chi connectivity index (χ4v) is 6.40. The molecular weight excluding hydrogens is 569 g/mol. The summed E-state index contributed by atoms with van der Waals surface area (Å²) in [7, 11) is -3.43. The summed E-state index contributed by atoms with van der Waals surface area (Å²) in [6.07, 6.45) is 0.754. The highest BCUT2D eigenvalue weighted by Crippen LogP contribution is 2.33. The Morgan fingerprint density at radius 1 is 1.10 bits per heavy atom. The second kappa shape index (κ2) is 12.5. The van der Waals surface area contributed by atoms with Crippen LogP contribution in [-0.4, -0.2) is 75.3 Å². The van der Waals surface area contributed by atoms with E-state index in [1.54, 1.807) is 18.2 Å². The van der Waals surface area contributed by atoms with E-state index in [-0.39, 0.29) is 34.7 Å². The third kappa shape index (κ3) is 7.32. The minimum Gasteiger partial charge on any atom is -0.479 e. The molecule has 2 aliphatic rings. The summed E-state index contributed by atoms with van der Waals surface area (Å²) in [5, 5.41) is 4.28. The maximum atomic E-state index is 13.6. The fourth-order valence-electron chi connectivity index (χ4n) is 5.74. The Balaban J connectivity index is 1.32. The number of nitrogens with zero attached hydrogens (tertiary/aromatic N) is 2. The summed E-state index contributed by atoms with van der Waals surface area (Å²) in [5.41, 5.74) is 7.50. The topological polar surface area (TPSA) is 98.8 Å². The molecule has 2 heterocycles. The van der Waals surface area contributed by atoms with E-state index in [2.05, 4.69) is 22.1 Å². The Kier molecular flexibility index (Phi) is 8.92. The normalized spacial score (nSPS) is 20.2. The predicted octanol–water partition coefficient (Wildman–Crippen LogP) is 4.68. The average molecular weight is 605 g/mol. The van der Waals surface area contributed by atoms with Crippen LogP contribution >= 0.6 is 0 Å². The molecule has 3 aromatic rings. The first-order chi connectivity index (χ1) is 20.0. The van der Waals surface area contributed by atoms with Gasteiger partial charge in [0.05, 0.1) is 35.0 Å². The van der Waals surface area contributed by atoms with Crippen LogP contribution < -0.4 is 15.8 Å². The maximum absolute atomic E-state index is 13.6. The first kappa shape index (κ1) is 30.1. The number of nitrogen functional groups attached to an aromatic ring is 1. The molecular formula is C30H35F3N4O4S. The van der Waals surface area contributed by atoms with E-state index >= 15 is 0 Å². The van der Waals surface area contributed by atoms with Crippen LogP contribution in [0.4, 0.5) is 24.5 Å². The largest absolute Gasteiger partial charge is 0.479 e. The zero-order valence-corrected chi connectivity index (χ0v) is 24.2. The number of benzene rings is 2. The molecule has 0 amide bonds. The lowest BCUT2D eigenvalue weighted by atomic mass is 9.89. The molecule has 2 fully saturated rings. The molecule has 42 heavy (non-hydrogen) atoms. The highest BCUT2D eigenvalue weighted by Gasteiger charge is 2.31. The van der Waals surface area contributed by atoms with Gasteiger partial charge < -0.3 is 25.1 Å². The van der Waals surface area contributed by atoms with Crippen molar-refractivity contribution in [2.75, 3.05) is 50.2 Å². The van der Waals surface area contributed by atoms with Gasteiger partial charge in [0.2, 0.25) is 0 Å². The SMILES string of the molecule is CS(=O)(=O)c1ccc(OCC#Cc2cc3c(N[C@H]4CC[C@@H](N5CCOCC5)CC4)cccc3n2CC(F)(F)F)c(N)c1. The van der Waals surface area contributed by atoms with Crippen molar-refractivity contribution in [1.82, 2.24) is 9.47 Å². The van der Waals surface area contributed by atoms with Crippen LogP contribution in [0, 0.1) is 11.8 Å². The van der Waals surface area contributed by atoms with E-state index in [0.29, 0.717) is 16.9 Å². The lowest BCUT2D eigenvalue weighted by molar-refractivity contribution is -0.140. The van der Waals surface area contributed by atoms with Gasteiger partial charge in [0.25, 0.3) is 0 Å². The van der Waals surface area contributed by atoms with Crippen LogP contribution in [0.5, 0.6) is 5.75 Å². The maximum Gasteiger partial charge on any atom is 0.406 e. The van der Waals surface area contributed by atoms with Crippen LogP contribution in [0.1, 0.15) is 31.4 Å². The van der Waals surface area contributed by atoms with Gasteiger partial charge in [-0.2, -0.15) is 13.2 Å². The van der Waals surface area contributed by atoms with Crippen LogP contribution in [0.15, 0.2) is 47.4 Å². The number of sulfone groups is 1. The molecule has 1 saturated carbocycles. The third-order valence-corrected chi connectivity index (χ3v) is 8.94. The van der Waals surface area contributed by atoms with Gasteiger partial charge in [-0.3, -0.25) is 4.90 Å². The third-order valence-electron chi connectivity index (χ3n) is 7.83. The Labute approximate surface area is 243 Å². The summed E-state index contributed by atoms with van der Waals surface area (Å²) in [6.45, 7) is 2.17. The Morgan fingerprint density at radius 2 is 1.83 bits per heavy atom. The molecule has 1 aliphatic heterocycles. The summed E-state index contributed by atoms with van der Waals surface area (Å²) in [5.74, 6) is 5.85. The molecule has 1 aromatic heterocycles. The number of halogens is 3. The molecule has 0 bridgehead atoms. The number of rotatable bonds is 7. The molecule has 0 atom stereocenters. The van der Waals surface area contributed by atoms with Crippen molar-refractivity contribution in [2.24, 2.45) is 0 Å². The Morgan fingerprint density at radius 3 is 2.50 bits per heavy atom. The summed E-state index contributed by atoms with van der Waals surface area (Å²) in [4.78, 5) is 2.57. The van der Waals surface area contributed by atoms with Gasteiger partial charge in [0.15, 0.2) is 9.84 Å². The predicted molar refractivity (Wildman–Crippen MR) is 156 cm³/mol. The Hall–Kier alpha value is -3.40. The molecule has 8 nitrogen and oxygen atoms in total. The Bertz CT molecular complexity index is 1580. The smallest absolute Gasteiger partial charge is 0.406 e. The van der Waals surface area contributed by atoms with Gasteiger partial charge in [-0.15, -0.1) is 0 Å². The van der Waals surface area contributed by atoms with Crippen molar-refractivity contribution in [1.29, 1.82) is 0 Å². The summed E-state index contributed by atoms with van der Waals surface area (Å²) >= 11 is 0. The van der Waals surface area contributed by atoms with Crippen LogP contribution in [0.25, 0.3) is 10.9 Å². The average Bonchev–Trinajstić information content (AvgIpc) is 3.28. The second-order valence-corrected chi connectivity index (χ2v) is 12.8. The van der Waals surface area contributed by atoms with Crippen molar-refractivity contribution in [3.8, 4) is 17.6 Å². The van der Waals surface area contributed by atoms with E-state index in [1.165, 1.54) is 22.8 Å². The van der Waals surface area contributed by atoms with Crippen LogP contribution in [0.2, 0.25) is 0 Å². The van der Waals surface area contributed by atoms with E-state index in [1.807, 2.05) is 6.07 Å². The van der Waals surface area contributed by atoms with Gasteiger partial charge in [-0.05, 0) is 68.0 Å². The van der Waals surface area contributed by atoms with Crippen molar-refractivity contribution in [3.05, 3.63) is 48.2 Å². The summed E-state index contributed by atoms with van der Waals surface area (Å²) < 4.78 is 76.4. The number of nitrogens with one attached hydrogen (secondary N) is 1. The molecule has 0 unspecified atom stereocenters. The van der Waals surface area contributed by atoms with Crippen molar-refractivity contribution in [3.63, 3.8) is 0 Å². The van der Waals surface area contributed by atoms with Crippen molar-refractivity contribution >= 4 is 32.1 Å². The monoisotopic (exact) mass is 604 g/mol. The number of hydrogen-bond acceptors (Lipinski definition) is 7.